The first-order chi connectivity index (χ1) is 15.3. The normalized spacial score (nSPS) is 18.3. The number of ether oxygens (including phenoxy) is 2. The molecule has 1 aromatic carbocycles. The molecule has 2 heterocycles. The number of benzene rings is 1. The van der Waals surface area contributed by atoms with Crippen LogP contribution in [0.3, 0.4) is 0 Å². The standard InChI is InChI=1S/C22H27N3O6S/c1-14(2)31-19(27)13-30-21(29)15-7-6-8-16(11-15)23-18(26)12-17-20(28)24-22(32-17)25-9-4-3-5-10-25/h6-8,11,14,17H,3-5,9-10,12-13H2,1-2H3,(H,23,26). The third kappa shape index (κ3) is 6.81. The van der Waals surface area contributed by atoms with Gasteiger partial charge in [0.25, 0.3) is 5.91 Å². The number of hydrogen-bond donors (Lipinski definition) is 1. The molecule has 1 aromatic rings. The van der Waals surface area contributed by atoms with Crippen molar-refractivity contribution in [2.45, 2.75) is 50.9 Å². The number of nitrogens with zero attached hydrogens (tertiary/aromatic N) is 2. The molecule has 1 fully saturated rings. The Kier molecular flexibility index (Phi) is 8.26. The van der Waals surface area contributed by atoms with Crippen molar-refractivity contribution in [3.63, 3.8) is 0 Å². The number of thioether (sulfide) groups is 1. The van der Waals surface area contributed by atoms with Gasteiger partial charge in [-0.2, -0.15) is 4.99 Å². The largest absolute Gasteiger partial charge is 0.460 e. The van der Waals surface area contributed by atoms with Crippen LogP contribution in [0, 0.1) is 0 Å². The van der Waals surface area contributed by atoms with Gasteiger partial charge in [-0.1, -0.05) is 17.8 Å². The maximum absolute atomic E-state index is 12.5. The lowest BCUT2D eigenvalue weighted by atomic mass is 10.1. The van der Waals surface area contributed by atoms with E-state index in [0.29, 0.717) is 10.9 Å². The molecule has 172 valence electrons. The monoisotopic (exact) mass is 461 g/mol. The molecular weight excluding hydrogens is 434 g/mol. The lowest BCUT2D eigenvalue weighted by molar-refractivity contribution is -0.151. The van der Waals surface area contributed by atoms with Crippen LogP contribution in [0.1, 0.15) is 49.9 Å². The Labute approximate surface area is 190 Å². The number of carbonyl (C=O) groups excluding carboxylic acids is 4. The molecule has 32 heavy (non-hydrogen) atoms. The Bertz CT molecular complexity index is 911. The first-order valence-electron chi connectivity index (χ1n) is 10.6. The number of likely N-dealkylation sites (tertiary alicyclic amines) is 1. The highest BCUT2D eigenvalue weighted by Crippen LogP contribution is 2.29. The summed E-state index contributed by atoms with van der Waals surface area (Å²) >= 11 is 1.33. The number of anilines is 1. The van der Waals surface area contributed by atoms with Crippen molar-refractivity contribution in [3.8, 4) is 0 Å². The predicted molar refractivity (Wildman–Crippen MR) is 120 cm³/mol. The van der Waals surface area contributed by atoms with Crippen molar-refractivity contribution in [3.05, 3.63) is 29.8 Å². The topological polar surface area (TPSA) is 114 Å². The summed E-state index contributed by atoms with van der Waals surface area (Å²) in [6, 6.07) is 6.18. The highest BCUT2D eigenvalue weighted by atomic mass is 32.2. The maximum Gasteiger partial charge on any atom is 0.344 e. The van der Waals surface area contributed by atoms with Crippen LogP contribution in [0.15, 0.2) is 29.3 Å². The van der Waals surface area contributed by atoms with Gasteiger partial charge in [0.1, 0.15) is 5.25 Å². The van der Waals surface area contributed by atoms with Crippen LogP contribution in [0.5, 0.6) is 0 Å². The van der Waals surface area contributed by atoms with Crippen LogP contribution in [-0.4, -0.2) is 64.9 Å². The predicted octanol–water partition coefficient (Wildman–Crippen LogP) is 2.61. The minimum absolute atomic E-state index is 0.0138. The van der Waals surface area contributed by atoms with Gasteiger partial charge >= 0.3 is 11.9 Å². The van der Waals surface area contributed by atoms with E-state index in [1.807, 2.05) is 0 Å². The number of piperidine rings is 1. The van der Waals surface area contributed by atoms with Gasteiger partial charge in [0.2, 0.25) is 5.91 Å². The second-order valence-electron chi connectivity index (χ2n) is 7.83. The lowest BCUT2D eigenvalue weighted by Crippen LogP contribution is -2.33. The second kappa shape index (κ2) is 11.1. The number of carbonyl (C=O) groups is 4. The molecule has 1 unspecified atom stereocenters. The maximum atomic E-state index is 12.5. The van der Waals surface area contributed by atoms with E-state index in [-0.39, 0.29) is 29.9 Å². The Morgan fingerprint density at radius 2 is 1.97 bits per heavy atom. The Hall–Kier alpha value is -2.88. The number of hydrogen-bond acceptors (Lipinski definition) is 8. The molecule has 2 aliphatic heterocycles. The van der Waals surface area contributed by atoms with Crippen LogP contribution in [0.4, 0.5) is 5.69 Å². The van der Waals surface area contributed by atoms with E-state index in [9.17, 15) is 19.2 Å². The van der Waals surface area contributed by atoms with Gasteiger partial charge in [-0.05, 0) is 51.3 Å². The average Bonchev–Trinajstić information content (AvgIpc) is 3.12. The molecule has 2 aliphatic rings. The molecule has 0 saturated carbocycles. The average molecular weight is 462 g/mol. The Balaban J connectivity index is 1.50. The van der Waals surface area contributed by atoms with E-state index in [1.54, 1.807) is 26.0 Å². The van der Waals surface area contributed by atoms with Gasteiger partial charge in [-0.3, -0.25) is 9.59 Å². The van der Waals surface area contributed by atoms with Crippen molar-refractivity contribution in [2.24, 2.45) is 4.99 Å². The first kappa shape index (κ1) is 23.8. The number of amides is 2. The van der Waals surface area contributed by atoms with Crippen LogP contribution in [-0.2, 0) is 23.9 Å². The third-order valence-electron chi connectivity index (χ3n) is 4.80. The fourth-order valence-corrected chi connectivity index (χ4v) is 4.46. The zero-order chi connectivity index (χ0) is 23.1. The molecule has 9 nitrogen and oxygen atoms in total. The molecule has 0 radical (unpaired) electrons. The number of nitrogens with one attached hydrogen (secondary N) is 1. The zero-order valence-corrected chi connectivity index (χ0v) is 19.0. The second-order valence-corrected chi connectivity index (χ2v) is 9.00. The van der Waals surface area contributed by atoms with Gasteiger partial charge in [0, 0.05) is 25.2 Å². The fourth-order valence-electron chi connectivity index (χ4n) is 3.34. The van der Waals surface area contributed by atoms with Crippen molar-refractivity contribution in [2.75, 3.05) is 25.0 Å². The summed E-state index contributed by atoms with van der Waals surface area (Å²) in [5.74, 6) is -1.99. The molecule has 1 saturated heterocycles. The van der Waals surface area contributed by atoms with Crippen molar-refractivity contribution in [1.82, 2.24) is 4.90 Å². The van der Waals surface area contributed by atoms with Crippen LogP contribution >= 0.6 is 11.8 Å². The smallest absolute Gasteiger partial charge is 0.344 e. The van der Waals surface area contributed by atoms with Crippen LogP contribution in [0.25, 0.3) is 0 Å². The summed E-state index contributed by atoms with van der Waals surface area (Å²) in [7, 11) is 0. The summed E-state index contributed by atoms with van der Waals surface area (Å²) < 4.78 is 9.86. The minimum Gasteiger partial charge on any atom is -0.460 e. The molecule has 1 N–H and O–H groups in total. The van der Waals surface area contributed by atoms with Crippen LogP contribution < -0.4 is 5.32 Å². The van der Waals surface area contributed by atoms with Crippen LogP contribution in [0.2, 0.25) is 0 Å². The van der Waals surface area contributed by atoms with E-state index in [2.05, 4.69) is 15.2 Å². The molecule has 0 aromatic heterocycles. The first-order valence-corrected chi connectivity index (χ1v) is 11.5. The molecule has 0 aliphatic carbocycles. The highest BCUT2D eigenvalue weighted by molar-refractivity contribution is 8.15. The van der Waals surface area contributed by atoms with Gasteiger partial charge in [-0.25, -0.2) is 9.59 Å². The lowest BCUT2D eigenvalue weighted by Gasteiger charge is -2.27. The van der Waals surface area contributed by atoms with Crippen molar-refractivity contribution < 1.29 is 28.7 Å². The van der Waals surface area contributed by atoms with Gasteiger partial charge in [0.05, 0.1) is 11.7 Å². The van der Waals surface area contributed by atoms with E-state index >= 15 is 0 Å². The number of esters is 2. The summed E-state index contributed by atoms with van der Waals surface area (Å²) in [5.41, 5.74) is 0.573. The molecule has 1 atom stereocenters. The van der Waals surface area contributed by atoms with Crippen molar-refractivity contribution in [1.29, 1.82) is 0 Å². The fraction of sp³-hybridized carbons (Fsp3) is 0.500. The number of amidine groups is 1. The summed E-state index contributed by atoms with van der Waals surface area (Å²) in [5, 5.41) is 2.85. The van der Waals surface area contributed by atoms with E-state index < -0.39 is 23.8 Å². The molecule has 0 spiro atoms. The van der Waals surface area contributed by atoms with Crippen molar-refractivity contribution >= 4 is 46.4 Å². The number of aliphatic imine (C=N–C) groups is 1. The molecule has 3 rings (SSSR count). The number of rotatable bonds is 7. The minimum atomic E-state index is -0.706. The van der Waals surface area contributed by atoms with E-state index in [0.717, 1.165) is 25.9 Å². The highest BCUT2D eigenvalue weighted by Gasteiger charge is 2.33. The summed E-state index contributed by atoms with van der Waals surface area (Å²) in [6.45, 7) is 4.68. The summed E-state index contributed by atoms with van der Waals surface area (Å²) in [6.07, 6.45) is 3.03. The van der Waals surface area contributed by atoms with E-state index in [4.69, 9.17) is 9.47 Å². The summed E-state index contributed by atoms with van der Waals surface area (Å²) in [4.78, 5) is 54.6. The van der Waals surface area contributed by atoms with Gasteiger partial charge in [0.15, 0.2) is 11.8 Å². The molecule has 10 heteroatoms. The molecule has 2 amide bonds. The Morgan fingerprint density at radius 3 is 2.69 bits per heavy atom. The van der Waals surface area contributed by atoms with Gasteiger partial charge in [-0.15, -0.1) is 0 Å². The van der Waals surface area contributed by atoms with Gasteiger partial charge < -0.3 is 19.7 Å². The third-order valence-corrected chi connectivity index (χ3v) is 6.01. The molecular formula is C22H27N3O6S. The Morgan fingerprint density at radius 1 is 1.22 bits per heavy atom. The SMILES string of the molecule is CC(C)OC(=O)COC(=O)c1cccc(NC(=O)CC2SC(N3CCCCC3)=NC2=O)c1. The van der Waals surface area contributed by atoms with E-state index in [1.165, 1.54) is 30.3 Å². The quantitative estimate of drug-likeness (QED) is 0.617. The zero-order valence-electron chi connectivity index (χ0n) is 18.2. The molecule has 0 bridgehead atoms.